The summed E-state index contributed by atoms with van der Waals surface area (Å²) in [5.41, 5.74) is 4.36. The van der Waals surface area contributed by atoms with Gasteiger partial charge in [-0.25, -0.2) is 0 Å². The first-order valence-electron chi connectivity index (χ1n) is 14.3. The number of hydrogen-bond donors (Lipinski definition) is 1. The standard InChI is InChI=1S/C32H43ClN2O2S/c1-3-4-5-6-7-8-9-10-11-12-13-16-21-37-28-19-20-29(30(33)22-28)32(36)34-31-18-15-14-17-27(31)24-35-23-26(2)38-25-35/h14-15,17-20,22-23,25H,3-13,16,21,24H2,1-2H3/p+1. The fraction of sp³-hybridized carbons (Fsp3) is 0.500. The minimum absolute atomic E-state index is 0.221. The number of para-hydroxylation sites is 1. The van der Waals surface area contributed by atoms with Gasteiger partial charge in [0.05, 0.1) is 27.8 Å². The van der Waals surface area contributed by atoms with Crippen LogP contribution < -0.4 is 14.6 Å². The van der Waals surface area contributed by atoms with E-state index in [0.717, 1.165) is 17.7 Å². The summed E-state index contributed by atoms with van der Waals surface area (Å²) in [5.74, 6) is 0.487. The molecule has 0 atom stereocenters. The first-order chi connectivity index (χ1) is 18.6. The second-order valence-corrected chi connectivity index (χ2v) is 11.6. The third-order valence-electron chi connectivity index (χ3n) is 6.79. The van der Waals surface area contributed by atoms with Crippen molar-refractivity contribution in [1.82, 2.24) is 0 Å². The van der Waals surface area contributed by atoms with Gasteiger partial charge in [-0.1, -0.05) is 119 Å². The molecule has 3 rings (SSSR count). The Morgan fingerprint density at radius 2 is 1.58 bits per heavy atom. The number of unbranched alkanes of at least 4 members (excludes halogenated alkanes) is 11. The summed E-state index contributed by atoms with van der Waals surface area (Å²) in [6.07, 6.45) is 18.0. The molecule has 0 aliphatic carbocycles. The largest absolute Gasteiger partial charge is 0.494 e. The van der Waals surface area contributed by atoms with Gasteiger partial charge in [-0.2, -0.15) is 4.57 Å². The Labute approximate surface area is 238 Å². The Morgan fingerprint density at radius 1 is 0.921 bits per heavy atom. The van der Waals surface area contributed by atoms with E-state index < -0.39 is 0 Å². The van der Waals surface area contributed by atoms with Gasteiger partial charge in [0.25, 0.3) is 5.91 Å². The number of nitrogens with one attached hydrogen (secondary N) is 1. The van der Waals surface area contributed by atoms with E-state index in [1.807, 2.05) is 30.3 Å². The molecule has 3 aromatic rings. The molecule has 0 saturated carbocycles. The number of thiazole rings is 1. The van der Waals surface area contributed by atoms with Crippen molar-refractivity contribution in [2.45, 2.75) is 97.4 Å². The van der Waals surface area contributed by atoms with Crippen LogP contribution in [0.2, 0.25) is 5.02 Å². The molecular formula is C32H44ClN2O2S+. The highest BCUT2D eigenvalue weighted by Crippen LogP contribution is 2.25. The minimum Gasteiger partial charge on any atom is -0.494 e. The van der Waals surface area contributed by atoms with Crippen molar-refractivity contribution in [1.29, 1.82) is 0 Å². The predicted molar refractivity (Wildman–Crippen MR) is 161 cm³/mol. The summed E-state index contributed by atoms with van der Waals surface area (Å²) in [6, 6.07) is 13.2. The molecule has 38 heavy (non-hydrogen) atoms. The van der Waals surface area contributed by atoms with Crippen LogP contribution in [0.25, 0.3) is 0 Å². The minimum atomic E-state index is -0.221. The normalized spacial score (nSPS) is 11.0. The van der Waals surface area contributed by atoms with Crippen molar-refractivity contribution in [2.75, 3.05) is 11.9 Å². The Kier molecular flexibility index (Phi) is 13.7. The van der Waals surface area contributed by atoms with E-state index in [2.05, 4.69) is 35.4 Å². The number of nitrogens with zero attached hydrogens (tertiary/aromatic N) is 1. The highest BCUT2D eigenvalue weighted by molar-refractivity contribution is 7.09. The molecule has 206 valence electrons. The van der Waals surface area contributed by atoms with E-state index in [4.69, 9.17) is 16.3 Å². The molecule has 4 nitrogen and oxygen atoms in total. The number of rotatable bonds is 18. The van der Waals surface area contributed by atoms with Crippen molar-refractivity contribution in [3.05, 3.63) is 75.2 Å². The second-order valence-electron chi connectivity index (χ2n) is 10.1. The predicted octanol–water partition coefficient (Wildman–Crippen LogP) is 9.38. The molecule has 6 heteroatoms. The van der Waals surface area contributed by atoms with Crippen LogP contribution in [-0.2, 0) is 6.54 Å². The molecule has 0 spiro atoms. The lowest BCUT2D eigenvalue weighted by Crippen LogP contribution is -2.31. The summed E-state index contributed by atoms with van der Waals surface area (Å²) in [5, 5.41) is 3.43. The summed E-state index contributed by atoms with van der Waals surface area (Å²) in [4.78, 5) is 14.2. The summed E-state index contributed by atoms with van der Waals surface area (Å²) < 4.78 is 8.03. The number of halogens is 1. The topological polar surface area (TPSA) is 42.2 Å². The average molecular weight is 556 g/mol. The number of aromatic nitrogens is 1. The van der Waals surface area contributed by atoms with E-state index in [-0.39, 0.29) is 5.91 Å². The van der Waals surface area contributed by atoms with Crippen LogP contribution in [-0.4, -0.2) is 12.5 Å². The first kappa shape index (κ1) is 30.2. The zero-order chi connectivity index (χ0) is 27.0. The van der Waals surface area contributed by atoms with Crippen LogP contribution in [0.1, 0.15) is 105 Å². The van der Waals surface area contributed by atoms with E-state index in [1.54, 1.807) is 23.5 Å². The molecular weight excluding hydrogens is 512 g/mol. The van der Waals surface area contributed by atoms with E-state index in [0.29, 0.717) is 29.5 Å². The van der Waals surface area contributed by atoms with E-state index in [1.165, 1.54) is 75.5 Å². The maximum Gasteiger partial charge on any atom is 0.257 e. The summed E-state index contributed by atoms with van der Waals surface area (Å²) in [7, 11) is 0. The molecule has 0 saturated heterocycles. The van der Waals surface area contributed by atoms with E-state index >= 15 is 0 Å². The Bertz CT molecular complexity index is 1110. The number of amides is 1. The molecule has 1 amide bonds. The lowest BCUT2D eigenvalue weighted by molar-refractivity contribution is -0.683. The highest BCUT2D eigenvalue weighted by Gasteiger charge is 2.15. The molecule has 0 unspecified atom stereocenters. The number of aryl methyl sites for hydroxylation is 1. The number of ether oxygens (including phenoxy) is 1. The number of carbonyl (C=O) groups excluding carboxylic acids is 1. The van der Waals surface area contributed by atoms with Crippen molar-refractivity contribution in [3.63, 3.8) is 0 Å². The van der Waals surface area contributed by atoms with Crippen molar-refractivity contribution in [2.24, 2.45) is 0 Å². The third kappa shape index (κ3) is 10.8. The van der Waals surface area contributed by atoms with Gasteiger partial charge in [0.2, 0.25) is 5.51 Å². The molecule has 0 radical (unpaired) electrons. The number of anilines is 1. The number of carbonyl (C=O) groups is 1. The fourth-order valence-corrected chi connectivity index (χ4v) is 5.49. The summed E-state index contributed by atoms with van der Waals surface area (Å²) in [6.45, 7) is 5.72. The molecule has 2 aromatic carbocycles. The smallest absolute Gasteiger partial charge is 0.257 e. The first-order valence-corrected chi connectivity index (χ1v) is 15.6. The lowest BCUT2D eigenvalue weighted by atomic mass is 10.1. The molecule has 1 N–H and O–H groups in total. The van der Waals surface area contributed by atoms with Crippen molar-refractivity contribution in [3.8, 4) is 5.75 Å². The van der Waals surface area contributed by atoms with Crippen LogP contribution in [0.5, 0.6) is 5.75 Å². The maximum atomic E-state index is 13.0. The van der Waals surface area contributed by atoms with Gasteiger partial charge in [0.15, 0.2) is 12.7 Å². The summed E-state index contributed by atoms with van der Waals surface area (Å²) >= 11 is 8.18. The number of hydrogen-bond acceptors (Lipinski definition) is 3. The maximum absolute atomic E-state index is 13.0. The van der Waals surface area contributed by atoms with Crippen LogP contribution in [0, 0.1) is 6.92 Å². The molecule has 1 aromatic heterocycles. The van der Waals surface area contributed by atoms with Crippen LogP contribution in [0.15, 0.2) is 54.2 Å². The second kappa shape index (κ2) is 17.3. The average Bonchev–Trinajstić information content (AvgIpc) is 3.32. The Balaban J connectivity index is 1.36. The quantitative estimate of drug-likeness (QED) is 0.125. The van der Waals surface area contributed by atoms with Gasteiger partial charge >= 0.3 is 0 Å². The van der Waals surface area contributed by atoms with Crippen molar-refractivity contribution < 1.29 is 14.1 Å². The van der Waals surface area contributed by atoms with Crippen LogP contribution >= 0.6 is 22.9 Å². The molecule has 0 fully saturated rings. The molecule has 1 heterocycles. The molecule has 0 bridgehead atoms. The van der Waals surface area contributed by atoms with E-state index in [9.17, 15) is 4.79 Å². The van der Waals surface area contributed by atoms with Gasteiger partial charge in [0.1, 0.15) is 5.75 Å². The monoisotopic (exact) mass is 555 g/mol. The van der Waals surface area contributed by atoms with Gasteiger partial charge in [-0.05, 0) is 37.6 Å². The SMILES string of the molecule is CCCCCCCCCCCCCCOc1ccc(C(=O)Nc2ccccc2C[n+]2csc(C)c2)c(Cl)c1. The Morgan fingerprint density at radius 3 is 2.21 bits per heavy atom. The van der Waals surface area contributed by atoms with Crippen molar-refractivity contribution >= 4 is 34.5 Å². The third-order valence-corrected chi connectivity index (χ3v) is 7.96. The lowest BCUT2D eigenvalue weighted by Gasteiger charge is -2.11. The van der Waals surface area contributed by atoms with Gasteiger partial charge in [-0.3, -0.25) is 4.79 Å². The van der Waals surface area contributed by atoms with Gasteiger partial charge < -0.3 is 10.1 Å². The van der Waals surface area contributed by atoms with Crippen LogP contribution in [0.4, 0.5) is 5.69 Å². The van der Waals surface area contributed by atoms with Gasteiger partial charge in [0, 0.05) is 5.56 Å². The Hall–Kier alpha value is -2.37. The molecule has 0 aliphatic rings. The molecule has 0 aliphatic heterocycles. The highest BCUT2D eigenvalue weighted by atomic mass is 35.5. The number of benzene rings is 2. The van der Waals surface area contributed by atoms with Gasteiger partial charge in [-0.15, -0.1) is 0 Å². The fourth-order valence-electron chi connectivity index (χ4n) is 4.60. The zero-order valence-corrected chi connectivity index (χ0v) is 24.7. The zero-order valence-electron chi connectivity index (χ0n) is 23.1. The van der Waals surface area contributed by atoms with Crippen LogP contribution in [0.3, 0.4) is 0 Å².